The van der Waals surface area contributed by atoms with E-state index in [9.17, 15) is 24.0 Å². The van der Waals surface area contributed by atoms with Crippen LogP contribution in [0.5, 0.6) is 0 Å². The zero-order chi connectivity index (χ0) is 30.4. The second-order valence-electron chi connectivity index (χ2n) is 9.55. The first-order valence-electron chi connectivity index (χ1n) is 13.2. The number of imide groups is 1. The van der Waals surface area contributed by atoms with E-state index in [4.69, 9.17) is 9.84 Å². The van der Waals surface area contributed by atoms with Gasteiger partial charge < -0.3 is 25.2 Å². The molecule has 0 bridgehead atoms. The lowest BCUT2D eigenvalue weighted by Crippen LogP contribution is -2.39. The first-order valence-corrected chi connectivity index (χ1v) is 13.2. The van der Waals surface area contributed by atoms with Crippen molar-refractivity contribution >= 4 is 46.9 Å². The van der Waals surface area contributed by atoms with E-state index in [2.05, 4.69) is 25.5 Å². The molecular formula is C28H30N6O8. The first-order chi connectivity index (χ1) is 20.1. The number of fused-ring (bicyclic) bond motifs is 1. The molecule has 2 heterocycles. The predicted molar refractivity (Wildman–Crippen MR) is 148 cm³/mol. The molecule has 3 aromatic rings. The van der Waals surface area contributed by atoms with Gasteiger partial charge in [0.15, 0.2) is 5.82 Å². The van der Waals surface area contributed by atoms with Crippen LogP contribution in [0.4, 0.5) is 16.3 Å². The van der Waals surface area contributed by atoms with Crippen LogP contribution in [0.3, 0.4) is 0 Å². The Labute approximate surface area is 240 Å². The van der Waals surface area contributed by atoms with Crippen molar-refractivity contribution in [2.45, 2.75) is 46.1 Å². The van der Waals surface area contributed by atoms with Crippen LogP contribution in [0.1, 0.15) is 58.0 Å². The van der Waals surface area contributed by atoms with Gasteiger partial charge >= 0.3 is 18.0 Å². The van der Waals surface area contributed by atoms with E-state index >= 15 is 0 Å². The van der Waals surface area contributed by atoms with Crippen molar-refractivity contribution < 1.29 is 38.6 Å². The van der Waals surface area contributed by atoms with Gasteiger partial charge in [-0.05, 0) is 56.4 Å². The van der Waals surface area contributed by atoms with Crippen molar-refractivity contribution in [3.8, 4) is 0 Å². The number of amides is 3. The second-order valence-corrected chi connectivity index (χ2v) is 9.55. The Morgan fingerprint density at radius 3 is 2.60 bits per heavy atom. The molecule has 42 heavy (non-hydrogen) atoms. The van der Waals surface area contributed by atoms with Crippen molar-refractivity contribution in [3.63, 3.8) is 0 Å². The molecule has 1 fully saturated rings. The summed E-state index contributed by atoms with van der Waals surface area (Å²) in [6.07, 6.45) is 5.23. The standard InChI is InChI=1S/C28H30N6O8/c1-4-11-29-26(38)20-13-33-24(17(20)3)25(30-14-31-33)32-21-12-18(6-5-16(21)2)27(39)34(19-7-8-19)28(40)42-15-41-23(37)10-9-22(35)36/h5-6,9-10,12-14,19H,4,7-8,11,15H2,1-3H3,(H,29,38)(H,35,36)(H,30,31,32)/b10-9+. The number of aromatic nitrogens is 3. The number of benzene rings is 1. The van der Waals surface area contributed by atoms with Crippen molar-refractivity contribution in [1.82, 2.24) is 24.8 Å². The summed E-state index contributed by atoms with van der Waals surface area (Å²) in [7, 11) is 0. The Morgan fingerprint density at radius 1 is 1.14 bits per heavy atom. The third-order valence-electron chi connectivity index (χ3n) is 6.42. The van der Waals surface area contributed by atoms with Gasteiger partial charge in [0.05, 0.1) is 5.56 Å². The lowest BCUT2D eigenvalue weighted by atomic mass is 10.1. The average molecular weight is 579 g/mol. The fraction of sp³-hybridized carbons (Fsp3) is 0.321. The van der Waals surface area contributed by atoms with E-state index < -0.39 is 30.7 Å². The second kappa shape index (κ2) is 12.9. The monoisotopic (exact) mass is 578 g/mol. The number of rotatable bonds is 11. The number of carbonyl (C=O) groups excluding carboxylic acids is 4. The van der Waals surface area contributed by atoms with Crippen LogP contribution < -0.4 is 10.6 Å². The van der Waals surface area contributed by atoms with Gasteiger partial charge in [-0.15, -0.1) is 0 Å². The van der Waals surface area contributed by atoms with Gasteiger partial charge in [0.1, 0.15) is 11.8 Å². The molecule has 0 unspecified atom stereocenters. The van der Waals surface area contributed by atoms with Crippen LogP contribution in [-0.4, -0.2) is 73.8 Å². The molecule has 0 spiro atoms. The molecule has 3 amide bonds. The summed E-state index contributed by atoms with van der Waals surface area (Å²) in [5.41, 5.74) is 3.27. The Balaban J connectivity index is 1.53. The lowest BCUT2D eigenvalue weighted by molar-refractivity contribution is -0.146. The summed E-state index contributed by atoms with van der Waals surface area (Å²) >= 11 is 0. The Hall–Kier alpha value is -5.27. The van der Waals surface area contributed by atoms with Crippen LogP contribution in [0.25, 0.3) is 5.52 Å². The van der Waals surface area contributed by atoms with Crippen molar-refractivity contribution in [1.29, 1.82) is 0 Å². The zero-order valence-electron chi connectivity index (χ0n) is 23.2. The van der Waals surface area contributed by atoms with E-state index in [0.29, 0.717) is 59.7 Å². The van der Waals surface area contributed by atoms with Crippen LogP contribution in [0, 0.1) is 13.8 Å². The number of anilines is 2. The molecule has 0 saturated heterocycles. The number of carboxylic acid groups (broad SMARTS) is 1. The van der Waals surface area contributed by atoms with Crippen LogP contribution in [-0.2, 0) is 19.1 Å². The molecule has 1 aromatic carbocycles. The number of ether oxygens (including phenoxy) is 2. The van der Waals surface area contributed by atoms with E-state index in [1.165, 1.54) is 6.33 Å². The molecule has 4 rings (SSSR count). The Bertz CT molecular complexity index is 1580. The quantitative estimate of drug-likeness (QED) is 0.173. The van der Waals surface area contributed by atoms with Gasteiger partial charge in [-0.1, -0.05) is 13.0 Å². The molecule has 220 valence electrons. The van der Waals surface area contributed by atoms with Gasteiger partial charge in [0.2, 0.25) is 6.79 Å². The summed E-state index contributed by atoms with van der Waals surface area (Å²) in [5.74, 6) is -2.76. The molecule has 0 atom stereocenters. The largest absolute Gasteiger partial charge is 0.478 e. The number of aliphatic carboxylic acids is 1. The third-order valence-corrected chi connectivity index (χ3v) is 6.42. The summed E-state index contributed by atoms with van der Waals surface area (Å²) in [6, 6.07) is 4.52. The summed E-state index contributed by atoms with van der Waals surface area (Å²) in [4.78, 5) is 66.2. The maximum absolute atomic E-state index is 13.4. The highest BCUT2D eigenvalue weighted by molar-refractivity contribution is 6.04. The maximum Gasteiger partial charge on any atom is 0.419 e. The van der Waals surface area contributed by atoms with Gasteiger partial charge in [0.25, 0.3) is 11.8 Å². The number of esters is 1. The van der Waals surface area contributed by atoms with E-state index in [0.717, 1.165) is 16.9 Å². The fourth-order valence-corrected chi connectivity index (χ4v) is 4.10. The van der Waals surface area contributed by atoms with Crippen molar-refractivity contribution in [2.75, 3.05) is 18.7 Å². The third kappa shape index (κ3) is 6.89. The first kappa shape index (κ1) is 29.7. The summed E-state index contributed by atoms with van der Waals surface area (Å²) in [6.45, 7) is 5.35. The number of aryl methyl sites for hydroxylation is 2. The molecule has 1 saturated carbocycles. The minimum Gasteiger partial charge on any atom is -0.478 e. The molecule has 2 aromatic heterocycles. The van der Waals surface area contributed by atoms with Crippen LogP contribution in [0.15, 0.2) is 42.9 Å². The zero-order valence-corrected chi connectivity index (χ0v) is 23.2. The molecule has 14 heteroatoms. The fourth-order valence-electron chi connectivity index (χ4n) is 4.10. The number of nitrogens with one attached hydrogen (secondary N) is 2. The van der Waals surface area contributed by atoms with Gasteiger partial charge in [-0.2, -0.15) is 5.10 Å². The van der Waals surface area contributed by atoms with Crippen molar-refractivity contribution in [3.05, 3.63) is 65.1 Å². The van der Waals surface area contributed by atoms with Gasteiger partial charge in [-0.25, -0.2) is 28.8 Å². The Morgan fingerprint density at radius 2 is 1.90 bits per heavy atom. The van der Waals surface area contributed by atoms with Crippen LogP contribution in [0.2, 0.25) is 0 Å². The topological polar surface area (TPSA) is 182 Å². The highest BCUT2D eigenvalue weighted by atomic mass is 16.7. The molecule has 1 aliphatic rings. The number of hydrogen-bond donors (Lipinski definition) is 3. The number of carboxylic acids is 1. The summed E-state index contributed by atoms with van der Waals surface area (Å²) in [5, 5.41) is 18.9. The van der Waals surface area contributed by atoms with E-state index in [1.54, 1.807) is 35.8 Å². The highest BCUT2D eigenvalue weighted by Gasteiger charge is 2.39. The maximum atomic E-state index is 13.4. The number of hydrogen-bond acceptors (Lipinski definition) is 10. The molecule has 14 nitrogen and oxygen atoms in total. The number of nitrogens with zero attached hydrogens (tertiary/aromatic N) is 4. The predicted octanol–water partition coefficient (Wildman–Crippen LogP) is 3.11. The normalized spacial score (nSPS) is 12.6. The molecule has 3 N–H and O–H groups in total. The van der Waals surface area contributed by atoms with Gasteiger partial charge in [0, 0.05) is 42.2 Å². The molecular weight excluding hydrogens is 548 g/mol. The molecule has 1 aliphatic carbocycles. The minimum atomic E-state index is -1.34. The Kier molecular flexibility index (Phi) is 9.15. The molecule has 0 radical (unpaired) electrons. The lowest BCUT2D eigenvalue weighted by Gasteiger charge is -2.20. The SMILES string of the molecule is CCCNC(=O)c1cn2ncnc(Nc3cc(C(=O)N(C(=O)OCOC(=O)/C=C/C(=O)O)C4CC4)ccc3C)c2c1C. The van der Waals surface area contributed by atoms with Crippen LogP contribution >= 0.6 is 0 Å². The average Bonchev–Trinajstić information content (AvgIpc) is 3.73. The van der Waals surface area contributed by atoms with Gasteiger partial charge in [-0.3, -0.25) is 9.59 Å². The summed E-state index contributed by atoms with van der Waals surface area (Å²) < 4.78 is 11.2. The minimum absolute atomic E-state index is 0.199. The highest BCUT2D eigenvalue weighted by Crippen LogP contribution is 2.31. The van der Waals surface area contributed by atoms with Crippen molar-refractivity contribution in [2.24, 2.45) is 0 Å². The number of carbonyl (C=O) groups is 5. The van der Waals surface area contributed by atoms with E-state index in [-0.39, 0.29) is 17.5 Å². The molecule has 0 aliphatic heterocycles. The smallest absolute Gasteiger partial charge is 0.419 e. The van der Waals surface area contributed by atoms with E-state index in [1.807, 2.05) is 13.8 Å².